The SMILES string of the molecule is COC(=O)c1c(NC(=O)CCn2c(=O)n(C)c3ccccc32)sc2c1CCCC2. The molecule has 0 atom stereocenters. The zero-order valence-electron chi connectivity index (χ0n) is 16.5. The Balaban J connectivity index is 1.54. The number of nitrogens with one attached hydrogen (secondary N) is 1. The van der Waals surface area contributed by atoms with Crippen molar-refractivity contribution in [3.63, 3.8) is 0 Å². The highest BCUT2D eigenvalue weighted by Crippen LogP contribution is 2.38. The molecule has 0 fully saturated rings. The maximum Gasteiger partial charge on any atom is 0.341 e. The predicted octanol–water partition coefficient (Wildman–Crippen LogP) is 3.10. The number of imidazole rings is 1. The maximum absolute atomic E-state index is 12.6. The van der Waals surface area contributed by atoms with Gasteiger partial charge in [-0.15, -0.1) is 11.3 Å². The molecule has 0 saturated heterocycles. The Morgan fingerprint density at radius 1 is 1.17 bits per heavy atom. The highest BCUT2D eigenvalue weighted by molar-refractivity contribution is 7.17. The van der Waals surface area contributed by atoms with Crippen molar-refractivity contribution in [2.24, 2.45) is 7.05 Å². The van der Waals surface area contributed by atoms with Crippen molar-refractivity contribution < 1.29 is 14.3 Å². The van der Waals surface area contributed by atoms with E-state index in [0.717, 1.165) is 47.2 Å². The van der Waals surface area contributed by atoms with Gasteiger partial charge in [-0.25, -0.2) is 9.59 Å². The molecule has 0 aliphatic heterocycles. The number of anilines is 1. The smallest absolute Gasteiger partial charge is 0.341 e. The van der Waals surface area contributed by atoms with Gasteiger partial charge < -0.3 is 10.1 Å². The minimum atomic E-state index is -0.412. The summed E-state index contributed by atoms with van der Waals surface area (Å²) >= 11 is 1.46. The van der Waals surface area contributed by atoms with Crippen LogP contribution in [0.2, 0.25) is 0 Å². The summed E-state index contributed by atoms with van der Waals surface area (Å²) in [6, 6.07) is 7.51. The fraction of sp³-hybridized carbons (Fsp3) is 0.381. The van der Waals surface area contributed by atoms with Crippen LogP contribution in [0.25, 0.3) is 11.0 Å². The maximum atomic E-state index is 12.6. The highest BCUT2D eigenvalue weighted by atomic mass is 32.1. The number of aromatic nitrogens is 2. The van der Waals surface area contributed by atoms with Crippen LogP contribution in [0, 0.1) is 0 Å². The van der Waals surface area contributed by atoms with Gasteiger partial charge in [0, 0.05) is 24.9 Å². The first-order valence-corrected chi connectivity index (χ1v) is 10.5. The minimum absolute atomic E-state index is 0.136. The summed E-state index contributed by atoms with van der Waals surface area (Å²) in [5.41, 5.74) is 2.98. The standard InChI is InChI=1S/C21H23N3O4S/c1-23-14-8-4-5-9-15(14)24(21(23)27)12-11-17(25)22-19-18(20(26)28-2)13-7-3-6-10-16(13)29-19/h4-5,8-9H,3,6-7,10-12H2,1-2H3,(H,22,25). The molecule has 3 aromatic rings. The van der Waals surface area contributed by atoms with E-state index in [1.807, 2.05) is 24.3 Å². The number of aryl methyl sites for hydroxylation is 3. The summed E-state index contributed by atoms with van der Waals surface area (Å²) in [5, 5.41) is 3.44. The third kappa shape index (κ3) is 3.48. The van der Waals surface area contributed by atoms with Crippen LogP contribution in [0.15, 0.2) is 29.1 Å². The summed E-state index contributed by atoms with van der Waals surface area (Å²) < 4.78 is 8.13. The topological polar surface area (TPSA) is 82.3 Å². The van der Waals surface area contributed by atoms with E-state index in [1.165, 1.54) is 18.4 Å². The summed E-state index contributed by atoms with van der Waals surface area (Å²) in [5.74, 6) is -0.640. The van der Waals surface area contributed by atoms with E-state index in [9.17, 15) is 14.4 Å². The molecule has 1 aromatic carbocycles. The third-order valence-corrected chi connectivity index (χ3v) is 6.64. The van der Waals surface area contributed by atoms with Crippen molar-refractivity contribution in [2.45, 2.75) is 38.6 Å². The number of hydrogen-bond acceptors (Lipinski definition) is 5. The monoisotopic (exact) mass is 413 g/mol. The van der Waals surface area contributed by atoms with Gasteiger partial charge in [0.1, 0.15) is 5.00 Å². The van der Waals surface area contributed by atoms with E-state index in [1.54, 1.807) is 16.2 Å². The van der Waals surface area contributed by atoms with Crippen LogP contribution in [0.5, 0.6) is 0 Å². The number of ether oxygens (including phenoxy) is 1. The second-order valence-electron chi connectivity index (χ2n) is 7.19. The molecule has 0 saturated carbocycles. The lowest BCUT2D eigenvalue weighted by atomic mass is 9.95. The molecule has 2 aromatic heterocycles. The Labute approximate surface area is 171 Å². The average Bonchev–Trinajstić information content (AvgIpc) is 3.21. The Morgan fingerprint density at radius 3 is 2.66 bits per heavy atom. The van der Waals surface area contributed by atoms with Crippen LogP contribution in [0.1, 0.15) is 40.1 Å². The van der Waals surface area contributed by atoms with E-state index in [2.05, 4.69) is 5.32 Å². The second kappa shape index (κ2) is 7.87. The lowest BCUT2D eigenvalue weighted by molar-refractivity contribution is -0.116. The summed E-state index contributed by atoms with van der Waals surface area (Å²) in [7, 11) is 3.08. The van der Waals surface area contributed by atoms with E-state index >= 15 is 0 Å². The van der Waals surface area contributed by atoms with Crippen molar-refractivity contribution in [3.8, 4) is 0 Å². The Kier molecular flexibility index (Phi) is 5.27. The molecule has 1 N–H and O–H groups in total. The van der Waals surface area contributed by atoms with Crippen molar-refractivity contribution in [1.29, 1.82) is 0 Å². The van der Waals surface area contributed by atoms with Crippen molar-refractivity contribution >= 4 is 39.2 Å². The third-order valence-electron chi connectivity index (χ3n) is 5.43. The van der Waals surface area contributed by atoms with Crippen molar-refractivity contribution in [1.82, 2.24) is 9.13 Å². The number of carbonyl (C=O) groups is 2. The first-order chi connectivity index (χ1) is 14.0. The van der Waals surface area contributed by atoms with Gasteiger partial charge in [0.15, 0.2) is 0 Å². The largest absolute Gasteiger partial charge is 0.465 e. The van der Waals surface area contributed by atoms with Crippen molar-refractivity contribution in [3.05, 3.63) is 50.8 Å². The predicted molar refractivity (Wildman–Crippen MR) is 113 cm³/mol. The van der Waals surface area contributed by atoms with E-state index in [-0.39, 0.29) is 24.6 Å². The van der Waals surface area contributed by atoms with Gasteiger partial charge in [-0.3, -0.25) is 13.9 Å². The lowest BCUT2D eigenvalue weighted by Gasteiger charge is -2.11. The van der Waals surface area contributed by atoms with Gasteiger partial charge in [0.2, 0.25) is 5.91 Å². The molecule has 1 aliphatic carbocycles. The summed E-state index contributed by atoms with van der Waals surface area (Å²) in [6.45, 7) is 0.269. The molecule has 1 amide bonds. The number of methoxy groups -OCH3 is 1. The molecule has 4 rings (SSSR count). The van der Waals surface area contributed by atoms with Gasteiger partial charge in [-0.1, -0.05) is 12.1 Å². The first-order valence-electron chi connectivity index (χ1n) is 9.68. The summed E-state index contributed by atoms with van der Waals surface area (Å²) in [6.07, 6.45) is 4.01. The molecule has 0 bridgehead atoms. The van der Waals surface area contributed by atoms with Crippen LogP contribution < -0.4 is 11.0 Å². The van der Waals surface area contributed by atoms with Gasteiger partial charge in [-0.2, -0.15) is 0 Å². The molecule has 8 heteroatoms. The number of carbonyl (C=O) groups excluding carboxylic acids is 2. The normalized spacial score (nSPS) is 13.3. The molecule has 0 radical (unpaired) electrons. The van der Waals surface area contributed by atoms with Crippen LogP contribution in [0.3, 0.4) is 0 Å². The zero-order valence-corrected chi connectivity index (χ0v) is 17.3. The molecule has 29 heavy (non-hydrogen) atoms. The first kappa shape index (κ1) is 19.4. The number of amides is 1. The van der Waals surface area contributed by atoms with Crippen molar-refractivity contribution in [2.75, 3.05) is 12.4 Å². The molecule has 0 unspecified atom stereocenters. The zero-order chi connectivity index (χ0) is 20.5. The number of hydrogen-bond donors (Lipinski definition) is 1. The number of benzene rings is 1. The number of fused-ring (bicyclic) bond motifs is 2. The van der Waals surface area contributed by atoms with Crippen LogP contribution >= 0.6 is 11.3 Å². The molecular formula is C21H23N3O4S. The van der Waals surface area contributed by atoms with Crippen LogP contribution in [0.4, 0.5) is 5.00 Å². The molecule has 152 valence electrons. The van der Waals surface area contributed by atoms with Gasteiger partial charge >= 0.3 is 11.7 Å². The molecule has 1 aliphatic rings. The average molecular weight is 413 g/mol. The molecule has 2 heterocycles. The fourth-order valence-electron chi connectivity index (χ4n) is 3.95. The fourth-order valence-corrected chi connectivity index (χ4v) is 5.25. The van der Waals surface area contributed by atoms with Crippen LogP contribution in [-0.4, -0.2) is 28.1 Å². The Morgan fingerprint density at radius 2 is 1.90 bits per heavy atom. The number of rotatable bonds is 5. The summed E-state index contributed by atoms with van der Waals surface area (Å²) in [4.78, 5) is 38.6. The van der Waals surface area contributed by atoms with E-state index in [4.69, 9.17) is 4.74 Å². The number of para-hydroxylation sites is 2. The quantitative estimate of drug-likeness (QED) is 0.652. The second-order valence-corrected chi connectivity index (χ2v) is 8.29. The van der Waals surface area contributed by atoms with E-state index in [0.29, 0.717) is 10.6 Å². The number of esters is 1. The van der Waals surface area contributed by atoms with E-state index < -0.39 is 5.97 Å². The Bertz CT molecular complexity index is 1150. The Hall–Kier alpha value is -2.87. The molecule has 0 spiro atoms. The minimum Gasteiger partial charge on any atom is -0.465 e. The highest BCUT2D eigenvalue weighted by Gasteiger charge is 2.27. The molecular weight excluding hydrogens is 390 g/mol. The van der Waals surface area contributed by atoms with Crippen LogP contribution in [-0.2, 0) is 36.0 Å². The number of thiophene rings is 1. The molecule has 7 nitrogen and oxygen atoms in total. The van der Waals surface area contributed by atoms with Gasteiger partial charge in [0.05, 0.1) is 23.7 Å². The number of nitrogens with zero attached hydrogens (tertiary/aromatic N) is 2. The lowest BCUT2D eigenvalue weighted by Crippen LogP contribution is -2.24. The van der Waals surface area contributed by atoms with Gasteiger partial charge in [-0.05, 0) is 43.4 Å². The van der Waals surface area contributed by atoms with Gasteiger partial charge in [0.25, 0.3) is 0 Å².